The maximum absolute atomic E-state index is 11.9. The summed E-state index contributed by atoms with van der Waals surface area (Å²) in [6.45, 7) is 19.1. The standard InChI is InChI=1S/C24H28O2/c1-10-11(2)13(4)20-17(8)22-18(9)23(24(25)26)15(6)14(5)21(22)16(7)19(20)12(10)3/h1-9H3,(H,25,26). The Labute approximate surface area is 155 Å². The molecule has 3 rings (SSSR count). The van der Waals surface area contributed by atoms with Crippen LogP contribution in [0.1, 0.15) is 60.4 Å². The summed E-state index contributed by atoms with van der Waals surface area (Å²) in [5, 5.41) is 14.7. The maximum Gasteiger partial charge on any atom is 0.336 e. The van der Waals surface area contributed by atoms with E-state index in [2.05, 4.69) is 48.5 Å². The minimum Gasteiger partial charge on any atom is -0.478 e. The summed E-state index contributed by atoms with van der Waals surface area (Å²) in [5.74, 6) is -0.838. The van der Waals surface area contributed by atoms with Crippen LogP contribution in [0.4, 0.5) is 0 Å². The number of benzene rings is 3. The molecule has 0 unspecified atom stereocenters. The average molecular weight is 348 g/mol. The number of hydrogen-bond acceptors (Lipinski definition) is 1. The minimum absolute atomic E-state index is 0.454. The largest absolute Gasteiger partial charge is 0.478 e. The van der Waals surface area contributed by atoms with Gasteiger partial charge in [0.15, 0.2) is 0 Å². The summed E-state index contributed by atoms with van der Waals surface area (Å²) < 4.78 is 0. The van der Waals surface area contributed by atoms with Crippen LogP contribution in [0, 0.1) is 62.3 Å². The summed E-state index contributed by atoms with van der Waals surface area (Å²) in [7, 11) is 0. The first-order valence-electron chi connectivity index (χ1n) is 9.18. The lowest BCUT2D eigenvalue weighted by Crippen LogP contribution is -2.08. The van der Waals surface area contributed by atoms with E-state index in [4.69, 9.17) is 0 Å². The Morgan fingerprint density at radius 1 is 0.462 bits per heavy atom. The molecule has 0 bridgehead atoms. The number of carbonyl (C=O) groups is 1. The molecule has 0 saturated carbocycles. The van der Waals surface area contributed by atoms with Gasteiger partial charge in [-0.25, -0.2) is 4.79 Å². The highest BCUT2D eigenvalue weighted by Gasteiger charge is 2.23. The Morgan fingerprint density at radius 3 is 1.12 bits per heavy atom. The van der Waals surface area contributed by atoms with E-state index in [1.54, 1.807) is 0 Å². The first-order chi connectivity index (χ1) is 12.0. The molecule has 0 spiro atoms. The third-order valence-corrected chi connectivity index (χ3v) is 6.71. The molecule has 0 radical (unpaired) electrons. The van der Waals surface area contributed by atoms with Crippen molar-refractivity contribution in [3.8, 4) is 0 Å². The van der Waals surface area contributed by atoms with E-state index in [1.807, 2.05) is 13.8 Å². The number of carboxylic acid groups (broad SMARTS) is 1. The molecule has 26 heavy (non-hydrogen) atoms. The predicted molar refractivity (Wildman–Crippen MR) is 111 cm³/mol. The Morgan fingerprint density at radius 2 is 0.769 bits per heavy atom. The number of carboxylic acids is 1. The average Bonchev–Trinajstić information content (AvgIpc) is 2.57. The first-order valence-corrected chi connectivity index (χ1v) is 9.18. The van der Waals surface area contributed by atoms with E-state index in [9.17, 15) is 9.90 Å². The van der Waals surface area contributed by atoms with Gasteiger partial charge in [0.25, 0.3) is 0 Å². The second-order valence-electron chi connectivity index (χ2n) is 7.81. The Hall–Kier alpha value is -2.35. The number of aryl methyl sites for hydroxylation is 6. The molecule has 3 aromatic carbocycles. The van der Waals surface area contributed by atoms with Gasteiger partial charge in [-0.1, -0.05) is 0 Å². The van der Waals surface area contributed by atoms with Gasteiger partial charge in [-0.05, 0) is 134 Å². The Bertz CT molecular complexity index is 1130. The molecule has 136 valence electrons. The van der Waals surface area contributed by atoms with Crippen LogP contribution in [0.2, 0.25) is 0 Å². The normalized spacial score (nSPS) is 11.6. The maximum atomic E-state index is 11.9. The molecule has 0 heterocycles. The van der Waals surface area contributed by atoms with Crippen LogP contribution >= 0.6 is 0 Å². The zero-order chi connectivity index (χ0) is 19.7. The SMILES string of the molecule is Cc1c(C)c(C)c2c(C)c3c(C)c(C(=O)O)c(C)c(C)c3c(C)c2c1C. The van der Waals surface area contributed by atoms with E-state index >= 15 is 0 Å². The molecule has 0 aliphatic heterocycles. The Kier molecular flexibility index (Phi) is 4.14. The summed E-state index contributed by atoms with van der Waals surface area (Å²) in [6.07, 6.45) is 0. The van der Waals surface area contributed by atoms with Crippen molar-refractivity contribution >= 4 is 27.5 Å². The number of aromatic carboxylic acids is 1. The van der Waals surface area contributed by atoms with Crippen molar-refractivity contribution in [1.82, 2.24) is 0 Å². The van der Waals surface area contributed by atoms with Gasteiger partial charge in [0.05, 0.1) is 5.56 Å². The van der Waals surface area contributed by atoms with Crippen LogP contribution in [0.15, 0.2) is 0 Å². The van der Waals surface area contributed by atoms with E-state index in [1.165, 1.54) is 49.5 Å². The second-order valence-corrected chi connectivity index (χ2v) is 7.81. The third-order valence-electron chi connectivity index (χ3n) is 6.71. The van der Waals surface area contributed by atoms with Crippen molar-refractivity contribution in [2.24, 2.45) is 0 Å². The molecule has 0 saturated heterocycles. The fraction of sp³-hybridized carbons (Fsp3) is 0.375. The topological polar surface area (TPSA) is 37.3 Å². The highest BCUT2D eigenvalue weighted by Crippen LogP contribution is 2.42. The summed E-state index contributed by atoms with van der Waals surface area (Å²) in [4.78, 5) is 11.9. The van der Waals surface area contributed by atoms with Gasteiger partial charge in [0, 0.05) is 0 Å². The molecule has 0 fully saturated rings. The fourth-order valence-corrected chi connectivity index (χ4v) is 4.91. The lowest BCUT2D eigenvalue weighted by Gasteiger charge is -2.24. The van der Waals surface area contributed by atoms with Crippen LogP contribution in [-0.2, 0) is 0 Å². The second kappa shape index (κ2) is 5.84. The molecule has 0 aliphatic rings. The van der Waals surface area contributed by atoms with Crippen LogP contribution in [-0.4, -0.2) is 11.1 Å². The van der Waals surface area contributed by atoms with Crippen molar-refractivity contribution in [2.75, 3.05) is 0 Å². The number of rotatable bonds is 1. The third kappa shape index (κ3) is 2.14. The van der Waals surface area contributed by atoms with E-state index in [0.29, 0.717) is 5.56 Å². The first kappa shape index (κ1) is 18.4. The van der Waals surface area contributed by atoms with E-state index < -0.39 is 5.97 Å². The highest BCUT2D eigenvalue weighted by atomic mass is 16.4. The molecule has 0 amide bonds. The lowest BCUT2D eigenvalue weighted by molar-refractivity contribution is 0.0695. The molecule has 1 N–H and O–H groups in total. The molecule has 0 aliphatic carbocycles. The van der Waals surface area contributed by atoms with E-state index in [-0.39, 0.29) is 0 Å². The smallest absolute Gasteiger partial charge is 0.336 e. The summed E-state index contributed by atoms with van der Waals surface area (Å²) in [6, 6.07) is 0. The summed E-state index contributed by atoms with van der Waals surface area (Å²) in [5.41, 5.74) is 11.1. The molecule has 0 atom stereocenters. The fourth-order valence-electron chi connectivity index (χ4n) is 4.91. The van der Waals surface area contributed by atoms with Crippen molar-refractivity contribution in [2.45, 2.75) is 62.3 Å². The van der Waals surface area contributed by atoms with Gasteiger partial charge < -0.3 is 5.11 Å². The van der Waals surface area contributed by atoms with Crippen LogP contribution in [0.25, 0.3) is 21.5 Å². The van der Waals surface area contributed by atoms with Crippen molar-refractivity contribution < 1.29 is 9.90 Å². The quantitative estimate of drug-likeness (QED) is 0.512. The van der Waals surface area contributed by atoms with Crippen LogP contribution in [0.5, 0.6) is 0 Å². The van der Waals surface area contributed by atoms with Gasteiger partial charge in [-0.15, -0.1) is 0 Å². The van der Waals surface area contributed by atoms with Crippen LogP contribution < -0.4 is 0 Å². The monoisotopic (exact) mass is 348 g/mol. The molecule has 2 nitrogen and oxygen atoms in total. The molecular formula is C24H28O2. The predicted octanol–water partition coefficient (Wildman–Crippen LogP) is 6.47. The number of hydrogen-bond donors (Lipinski definition) is 1. The van der Waals surface area contributed by atoms with Gasteiger partial charge >= 0.3 is 5.97 Å². The van der Waals surface area contributed by atoms with Crippen LogP contribution in [0.3, 0.4) is 0 Å². The zero-order valence-electron chi connectivity index (χ0n) is 17.4. The molecule has 0 aromatic heterocycles. The van der Waals surface area contributed by atoms with Gasteiger partial charge in [-0.3, -0.25) is 0 Å². The zero-order valence-corrected chi connectivity index (χ0v) is 17.4. The molecular weight excluding hydrogens is 320 g/mol. The number of fused-ring (bicyclic) bond motifs is 2. The van der Waals surface area contributed by atoms with Crippen molar-refractivity contribution in [3.05, 3.63) is 55.6 Å². The minimum atomic E-state index is -0.838. The highest BCUT2D eigenvalue weighted by molar-refractivity contribution is 6.13. The van der Waals surface area contributed by atoms with E-state index in [0.717, 1.165) is 22.1 Å². The van der Waals surface area contributed by atoms with Crippen molar-refractivity contribution in [3.63, 3.8) is 0 Å². The lowest BCUT2D eigenvalue weighted by atomic mass is 9.80. The molecule has 2 heteroatoms. The molecule has 3 aromatic rings. The van der Waals surface area contributed by atoms with Gasteiger partial charge in [-0.2, -0.15) is 0 Å². The summed E-state index contributed by atoms with van der Waals surface area (Å²) >= 11 is 0. The van der Waals surface area contributed by atoms with Gasteiger partial charge in [0.2, 0.25) is 0 Å². The Balaban J connectivity index is 2.80. The van der Waals surface area contributed by atoms with Crippen molar-refractivity contribution in [1.29, 1.82) is 0 Å². The van der Waals surface area contributed by atoms with Gasteiger partial charge in [0.1, 0.15) is 0 Å².